The molecule has 0 aromatic heterocycles. The maximum atomic E-state index is 12.0. The summed E-state index contributed by atoms with van der Waals surface area (Å²) in [6.07, 6.45) is 0.750. The minimum absolute atomic E-state index is 0.0393. The fourth-order valence-corrected chi connectivity index (χ4v) is 3.20. The Morgan fingerprint density at radius 2 is 2.16 bits per heavy atom. The van der Waals surface area contributed by atoms with Crippen LogP contribution in [0.3, 0.4) is 0 Å². The highest BCUT2D eigenvalue weighted by molar-refractivity contribution is 9.10. The predicted molar refractivity (Wildman–Crippen MR) is 73.9 cm³/mol. The molecule has 1 fully saturated rings. The molecule has 1 unspecified atom stereocenters. The molecule has 1 aromatic rings. The van der Waals surface area contributed by atoms with Gasteiger partial charge in [-0.15, -0.1) is 0 Å². The number of benzene rings is 1. The van der Waals surface area contributed by atoms with E-state index in [2.05, 4.69) is 21.2 Å². The van der Waals surface area contributed by atoms with Crippen molar-refractivity contribution in [3.05, 3.63) is 28.2 Å². The Balaban J connectivity index is 2.24. The first-order chi connectivity index (χ1) is 8.86. The van der Waals surface area contributed by atoms with E-state index in [0.29, 0.717) is 17.7 Å². The minimum atomic E-state index is -3.87. The van der Waals surface area contributed by atoms with Gasteiger partial charge in [0.25, 0.3) is 15.0 Å². The van der Waals surface area contributed by atoms with Gasteiger partial charge in [-0.25, -0.2) is 8.42 Å². The van der Waals surface area contributed by atoms with E-state index in [0.717, 1.165) is 6.42 Å². The van der Waals surface area contributed by atoms with E-state index in [1.165, 1.54) is 18.2 Å². The molecule has 1 N–H and O–H groups in total. The molecule has 1 atom stereocenters. The lowest BCUT2D eigenvalue weighted by atomic mass is 10.2. The molecule has 2 rings (SSSR count). The van der Waals surface area contributed by atoms with Gasteiger partial charge in [-0.3, -0.25) is 4.79 Å². The lowest BCUT2D eigenvalue weighted by molar-refractivity contribution is 0.0929. The smallest absolute Gasteiger partial charge is 0.261 e. The Hall–Kier alpha value is -0.630. The molecule has 19 heavy (non-hydrogen) atoms. The Morgan fingerprint density at radius 3 is 2.74 bits per heavy atom. The van der Waals surface area contributed by atoms with E-state index < -0.39 is 9.05 Å². The third kappa shape index (κ3) is 3.92. The number of carbonyl (C=O) groups is 1. The summed E-state index contributed by atoms with van der Waals surface area (Å²) in [5, 5.41) is 2.78. The van der Waals surface area contributed by atoms with Crippen LogP contribution < -0.4 is 5.32 Å². The number of hydrogen-bond donors (Lipinski definition) is 1. The fraction of sp³-hybridized carbons (Fsp3) is 0.364. The number of hydrogen-bond acceptors (Lipinski definition) is 4. The summed E-state index contributed by atoms with van der Waals surface area (Å²) in [5.74, 6) is -0.349. The summed E-state index contributed by atoms with van der Waals surface area (Å²) >= 11 is 3.16. The molecule has 104 valence electrons. The van der Waals surface area contributed by atoms with Gasteiger partial charge in [0, 0.05) is 27.3 Å². The van der Waals surface area contributed by atoms with Gasteiger partial charge in [0.15, 0.2) is 0 Å². The average molecular weight is 369 g/mol. The number of amides is 1. The standard InChI is InChI=1S/C11H11BrClNO4S/c12-8-3-7(4-10(5-8)19(13,16)17)11(15)14-9-1-2-18-6-9/h3-5,9H,1-2,6H2,(H,14,15). The Labute approximate surface area is 123 Å². The Kier molecular flexibility index (Phi) is 4.50. The quantitative estimate of drug-likeness (QED) is 0.827. The molecule has 1 heterocycles. The molecule has 1 aromatic carbocycles. The van der Waals surface area contributed by atoms with Crippen molar-refractivity contribution in [2.24, 2.45) is 0 Å². The number of rotatable bonds is 3. The maximum absolute atomic E-state index is 12.0. The molecule has 1 aliphatic heterocycles. The molecule has 0 radical (unpaired) electrons. The summed E-state index contributed by atoms with van der Waals surface area (Å²) in [7, 11) is 1.41. The normalized spacial score (nSPS) is 19.4. The van der Waals surface area contributed by atoms with Crippen LogP contribution in [0.2, 0.25) is 0 Å². The number of nitrogens with one attached hydrogen (secondary N) is 1. The molecule has 1 saturated heterocycles. The van der Waals surface area contributed by atoms with Crippen LogP contribution in [-0.4, -0.2) is 33.6 Å². The van der Waals surface area contributed by atoms with Crippen LogP contribution in [0.4, 0.5) is 0 Å². The average Bonchev–Trinajstić information content (AvgIpc) is 2.79. The zero-order chi connectivity index (χ0) is 14.0. The molecule has 0 bridgehead atoms. The summed E-state index contributed by atoms with van der Waals surface area (Å²) in [5.41, 5.74) is 0.237. The molecule has 0 spiro atoms. The van der Waals surface area contributed by atoms with E-state index >= 15 is 0 Å². The molecule has 1 amide bonds. The van der Waals surface area contributed by atoms with Crippen molar-refractivity contribution >= 4 is 41.6 Å². The summed E-state index contributed by atoms with van der Waals surface area (Å²) in [6, 6.07) is 4.09. The van der Waals surface area contributed by atoms with Crippen molar-refractivity contribution in [1.29, 1.82) is 0 Å². The summed E-state index contributed by atoms with van der Waals surface area (Å²) < 4.78 is 28.2. The van der Waals surface area contributed by atoms with Gasteiger partial charge in [0.05, 0.1) is 17.5 Å². The van der Waals surface area contributed by atoms with Crippen LogP contribution in [0, 0.1) is 0 Å². The molecule has 0 aliphatic carbocycles. The Morgan fingerprint density at radius 1 is 1.42 bits per heavy atom. The van der Waals surface area contributed by atoms with Gasteiger partial charge >= 0.3 is 0 Å². The second kappa shape index (κ2) is 5.78. The van der Waals surface area contributed by atoms with Crippen molar-refractivity contribution < 1.29 is 17.9 Å². The topological polar surface area (TPSA) is 72.5 Å². The largest absolute Gasteiger partial charge is 0.379 e. The second-order valence-corrected chi connectivity index (χ2v) is 7.63. The van der Waals surface area contributed by atoms with Gasteiger partial charge in [-0.2, -0.15) is 0 Å². The second-order valence-electron chi connectivity index (χ2n) is 4.15. The van der Waals surface area contributed by atoms with E-state index in [1.54, 1.807) is 0 Å². The first-order valence-electron chi connectivity index (χ1n) is 5.50. The zero-order valence-electron chi connectivity index (χ0n) is 9.73. The first kappa shape index (κ1) is 14.8. The molecule has 0 saturated carbocycles. The third-order valence-electron chi connectivity index (χ3n) is 2.68. The van der Waals surface area contributed by atoms with Gasteiger partial charge in [0.2, 0.25) is 0 Å². The van der Waals surface area contributed by atoms with Crippen molar-refractivity contribution in [2.75, 3.05) is 13.2 Å². The Bertz CT molecular complexity index is 599. The van der Waals surface area contributed by atoms with Crippen LogP contribution in [0.1, 0.15) is 16.8 Å². The van der Waals surface area contributed by atoms with E-state index in [1.807, 2.05) is 0 Å². The molecule has 8 heteroatoms. The van der Waals surface area contributed by atoms with E-state index in [9.17, 15) is 13.2 Å². The minimum Gasteiger partial charge on any atom is -0.379 e. The van der Waals surface area contributed by atoms with Crippen molar-refractivity contribution in [3.63, 3.8) is 0 Å². The molecule has 5 nitrogen and oxygen atoms in total. The van der Waals surface area contributed by atoms with Gasteiger partial charge in [-0.1, -0.05) is 15.9 Å². The van der Waals surface area contributed by atoms with Gasteiger partial charge in [-0.05, 0) is 24.6 Å². The van der Waals surface area contributed by atoms with Crippen LogP contribution >= 0.6 is 26.6 Å². The number of ether oxygens (including phenoxy) is 1. The summed E-state index contributed by atoms with van der Waals surface area (Å²) in [4.78, 5) is 11.9. The lowest BCUT2D eigenvalue weighted by Gasteiger charge is -2.11. The maximum Gasteiger partial charge on any atom is 0.261 e. The highest BCUT2D eigenvalue weighted by Gasteiger charge is 2.20. The molecule has 1 aliphatic rings. The van der Waals surface area contributed by atoms with Gasteiger partial charge < -0.3 is 10.1 Å². The molecular formula is C11H11BrClNO4S. The highest BCUT2D eigenvalue weighted by atomic mass is 79.9. The van der Waals surface area contributed by atoms with Crippen molar-refractivity contribution in [1.82, 2.24) is 5.32 Å². The van der Waals surface area contributed by atoms with E-state index in [-0.39, 0.29) is 22.4 Å². The summed E-state index contributed by atoms with van der Waals surface area (Å²) in [6.45, 7) is 1.09. The van der Waals surface area contributed by atoms with Crippen LogP contribution in [0.5, 0.6) is 0 Å². The van der Waals surface area contributed by atoms with E-state index in [4.69, 9.17) is 15.4 Å². The predicted octanol–water partition coefficient (Wildman–Crippen LogP) is 1.90. The number of halogens is 2. The monoisotopic (exact) mass is 367 g/mol. The van der Waals surface area contributed by atoms with Gasteiger partial charge in [0.1, 0.15) is 0 Å². The number of carbonyl (C=O) groups excluding carboxylic acids is 1. The zero-order valence-corrected chi connectivity index (χ0v) is 12.9. The van der Waals surface area contributed by atoms with Crippen molar-refractivity contribution in [2.45, 2.75) is 17.4 Å². The third-order valence-corrected chi connectivity index (χ3v) is 4.47. The first-order valence-corrected chi connectivity index (χ1v) is 8.60. The SMILES string of the molecule is O=C(NC1CCOC1)c1cc(Br)cc(S(=O)(=O)Cl)c1. The van der Waals surface area contributed by atoms with Crippen molar-refractivity contribution in [3.8, 4) is 0 Å². The lowest BCUT2D eigenvalue weighted by Crippen LogP contribution is -2.35. The van der Waals surface area contributed by atoms with Crippen LogP contribution in [0.15, 0.2) is 27.6 Å². The van der Waals surface area contributed by atoms with Crippen LogP contribution in [-0.2, 0) is 13.8 Å². The fourth-order valence-electron chi connectivity index (χ4n) is 1.75. The highest BCUT2D eigenvalue weighted by Crippen LogP contribution is 2.22. The van der Waals surface area contributed by atoms with Crippen LogP contribution in [0.25, 0.3) is 0 Å². The molecular weight excluding hydrogens is 358 g/mol.